The van der Waals surface area contributed by atoms with Crippen molar-refractivity contribution < 1.29 is 0 Å². The third-order valence-corrected chi connectivity index (χ3v) is 3.68. The van der Waals surface area contributed by atoms with Crippen LogP contribution in [-0.4, -0.2) is 15.2 Å². The van der Waals surface area contributed by atoms with Gasteiger partial charge in [0.2, 0.25) is 0 Å². The quantitative estimate of drug-likeness (QED) is 0.780. The molecule has 3 rings (SSSR count). The molecular formula is C11H17N3. The van der Waals surface area contributed by atoms with E-state index in [1.165, 1.54) is 32.1 Å². The number of rotatable bonds is 2. The van der Waals surface area contributed by atoms with Gasteiger partial charge in [0.15, 0.2) is 5.82 Å². The van der Waals surface area contributed by atoms with Crippen molar-refractivity contribution in [1.29, 1.82) is 0 Å². The first-order valence-electron chi connectivity index (χ1n) is 5.77. The summed E-state index contributed by atoms with van der Waals surface area (Å²) in [5, 5.41) is 7.46. The highest BCUT2D eigenvalue weighted by molar-refractivity contribution is 5.08. The van der Waals surface area contributed by atoms with Crippen molar-refractivity contribution in [3.63, 3.8) is 0 Å². The van der Waals surface area contributed by atoms with Gasteiger partial charge in [-0.05, 0) is 31.6 Å². The second-order valence-corrected chi connectivity index (χ2v) is 4.87. The molecule has 0 spiro atoms. The molecule has 2 aliphatic rings. The largest absolute Gasteiger partial charge is 0.263 e. The molecule has 2 fully saturated rings. The van der Waals surface area contributed by atoms with Crippen LogP contribution in [0.25, 0.3) is 0 Å². The lowest BCUT2D eigenvalue weighted by atomic mass is 9.98. The topological polar surface area (TPSA) is 41.6 Å². The van der Waals surface area contributed by atoms with E-state index in [0.29, 0.717) is 11.8 Å². The van der Waals surface area contributed by atoms with E-state index in [0.717, 1.165) is 17.6 Å². The minimum atomic E-state index is 0.648. The van der Waals surface area contributed by atoms with Crippen LogP contribution in [0.1, 0.15) is 62.5 Å². The number of nitrogens with one attached hydrogen (secondary N) is 1. The van der Waals surface area contributed by atoms with Crippen molar-refractivity contribution in [2.75, 3.05) is 0 Å². The van der Waals surface area contributed by atoms with Crippen LogP contribution in [0.15, 0.2) is 0 Å². The second kappa shape index (κ2) is 3.07. The van der Waals surface area contributed by atoms with E-state index in [-0.39, 0.29) is 0 Å². The Balaban J connectivity index is 1.81. The summed E-state index contributed by atoms with van der Waals surface area (Å²) in [7, 11) is 0. The average molecular weight is 191 g/mol. The van der Waals surface area contributed by atoms with Gasteiger partial charge in [-0.2, -0.15) is 5.10 Å². The van der Waals surface area contributed by atoms with Gasteiger partial charge in [0.1, 0.15) is 5.82 Å². The lowest BCUT2D eigenvalue weighted by Crippen LogP contribution is -2.04. The molecule has 14 heavy (non-hydrogen) atoms. The first kappa shape index (κ1) is 8.45. The highest BCUT2D eigenvalue weighted by Crippen LogP contribution is 2.41. The Morgan fingerprint density at radius 1 is 1.21 bits per heavy atom. The molecule has 0 saturated heterocycles. The zero-order valence-electron chi connectivity index (χ0n) is 8.66. The third-order valence-electron chi connectivity index (χ3n) is 3.68. The molecule has 0 bridgehead atoms. The molecule has 2 atom stereocenters. The molecule has 2 saturated carbocycles. The Morgan fingerprint density at radius 2 is 2.07 bits per heavy atom. The van der Waals surface area contributed by atoms with Gasteiger partial charge >= 0.3 is 0 Å². The Hall–Kier alpha value is -0.860. The maximum atomic E-state index is 4.64. The lowest BCUT2D eigenvalue weighted by Gasteiger charge is -2.10. The second-order valence-electron chi connectivity index (χ2n) is 4.87. The predicted octanol–water partition coefficient (Wildman–Crippen LogP) is 2.59. The smallest absolute Gasteiger partial charge is 0.153 e. The van der Waals surface area contributed by atoms with Crippen molar-refractivity contribution in [3.05, 3.63) is 11.6 Å². The first-order valence-corrected chi connectivity index (χ1v) is 5.77. The molecule has 1 aromatic rings. The standard InChI is InChI=1S/C11H17N3/c1-7-3-2-4-9(7)11-12-10(13-14-11)8-5-6-8/h7-9H,2-6H2,1H3,(H,12,13,14). The van der Waals surface area contributed by atoms with Crippen molar-refractivity contribution in [2.24, 2.45) is 5.92 Å². The average Bonchev–Trinajstić information content (AvgIpc) is 2.75. The number of aromatic nitrogens is 3. The van der Waals surface area contributed by atoms with E-state index in [4.69, 9.17) is 0 Å². The normalized spacial score (nSPS) is 32.4. The number of H-pyrrole nitrogens is 1. The van der Waals surface area contributed by atoms with E-state index in [2.05, 4.69) is 22.1 Å². The van der Waals surface area contributed by atoms with Gasteiger partial charge in [-0.25, -0.2) is 4.98 Å². The molecule has 3 heteroatoms. The summed E-state index contributed by atoms with van der Waals surface area (Å²) in [6.07, 6.45) is 6.57. The van der Waals surface area contributed by atoms with Gasteiger partial charge in [-0.1, -0.05) is 13.3 Å². The van der Waals surface area contributed by atoms with Crippen LogP contribution in [0, 0.1) is 5.92 Å². The summed E-state index contributed by atoms with van der Waals surface area (Å²) in [5.41, 5.74) is 0. The molecular weight excluding hydrogens is 174 g/mol. The number of hydrogen-bond acceptors (Lipinski definition) is 2. The van der Waals surface area contributed by atoms with E-state index in [1.54, 1.807) is 0 Å². The molecule has 0 amide bonds. The van der Waals surface area contributed by atoms with E-state index < -0.39 is 0 Å². The maximum Gasteiger partial charge on any atom is 0.153 e. The predicted molar refractivity (Wildman–Crippen MR) is 54.1 cm³/mol. The summed E-state index contributed by atoms with van der Waals surface area (Å²) < 4.78 is 0. The van der Waals surface area contributed by atoms with Gasteiger partial charge in [0.05, 0.1) is 0 Å². The maximum absolute atomic E-state index is 4.64. The summed E-state index contributed by atoms with van der Waals surface area (Å²) in [6.45, 7) is 2.33. The Kier molecular flexibility index (Phi) is 1.85. The van der Waals surface area contributed by atoms with Gasteiger partial charge in [0.25, 0.3) is 0 Å². The van der Waals surface area contributed by atoms with E-state index in [9.17, 15) is 0 Å². The molecule has 2 aliphatic carbocycles. The highest BCUT2D eigenvalue weighted by atomic mass is 15.2. The summed E-state index contributed by atoms with van der Waals surface area (Å²) in [4.78, 5) is 4.64. The van der Waals surface area contributed by atoms with Crippen LogP contribution in [0.3, 0.4) is 0 Å². The van der Waals surface area contributed by atoms with Crippen molar-refractivity contribution in [1.82, 2.24) is 15.2 Å². The van der Waals surface area contributed by atoms with Crippen LogP contribution in [0.2, 0.25) is 0 Å². The van der Waals surface area contributed by atoms with E-state index >= 15 is 0 Å². The molecule has 0 aliphatic heterocycles. The molecule has 3 nitrogen and oxygen atoms in total. The van der Waals surface area contributed by atoms with Crippen LogP contribution in [0.4, 0.5) is 0 Å². The minimum absolute atomic E-state index is 0.648. The van der Waals surface area contributed by atoms with Gasteiger partial charge in [-0.3, -0.25) is 5.10 Å². The Bertz CT molecular complexity index is 327. The zero-order valence-corrected chi connectivity index (χ0v) is 8.66. The first-order chi connectivity index (χ1) is 6.84. The molecule has 1 N–H and O–H groups in total. The number of aromatic amines is 1. The molecule has 0 radical (unpaired) electrons. The highest BCUT2D eigenvalue weighted by Gasteiger charge is 2.31. The number of nitrogens with zero attached hydrogens (tertiary/aromatic N) is 2. The fourth-order valence-corrected chi connectivity index (χ4v) is 2.53. The fourth-order valence-electron chi connectivity index (χ4n) is 2.53. The van der Waals surface area contributed by atoms with Gasteiger partial charge in [-0.15, -0.1) is 0 Å². The van der Waals surface area contributed by atoms with Crippen molar-refractivity contribution >= 4 is 0 Å². The van der Waals surface area contributed by atoms with Crippen LogP contribution in [0.5, 0.6) is 0 Å². The fraction of sp³-hybridized carbons (Fsp3) is 0.818. The number of hydrogen-bond donors (Lipinski definition) is 1. The minimum Gasteiger partial charge on any atom is -0.263 e. The third kappa shape index (κ3) is 1.35. The van der Waals surface area contributed by atoms with Crippen LogP contribution < -0.4 is 0 Å². The molecule has 1 heterocycles. The molecule has 2 unspecified atom stereocenters. The van der Waals surface area contributed by atoms with Crippen LogP contribution >= 0.6 is 0 Å². The lowest BCUT2D eigenvalue weighted by molar-refractivity contribution is 0.511. The van der Waals surface area contributed by atoms with Gasteiger partial charge < -0.3 is 0 Å². The zero-order chi connectivity index (χ0) is 9.54. The SMILES string of the molecule is CC1CCCC1c1nc(C2CC2)n[nH]1. The monoisotopic (exact) mass is 191 g/mol. The van der Waals surface area contributed by atoms with Gasteiger partial charge in [0, 0.05) is 11.8 Å². The summed E-state index contributed by atoms with van der Waals surface area (Å²) in [5.74, 6) is 4.33. The van der Waals surface area contributed by atoms with Crippen molar-refractivity contribution in [3.8, 4) is 0 Å². The molecule has 0 aromatic carbocycles. The van der Waals surface area contributed by atoms with E-state index in [1.807, 2.05) is 0 Å². The Labute approximate surface area is 84.3 Å². The van der Waals surface area contributed by atoms with Crippen molar-refractivity contribution in [2.45, 2.75) is 50.9 Å². The van der Waals surface area contributed by atoms with Crippen LogP contribution in [-0.2, 0) is 0 Å². The molecule has 1 aromatic heterocycles. The summed E-state index contributed by atoms with van der Waals surface area (Å²) in [6, 6.07) is 0. The Morgan fingerprint density at radius 3 is 2.71 bits per heavy atom. The summed E-state index contributed by atoms with van der Waals surface area (Å²) >= 11 is 0. The molecule has 76 valence electrons.